The molecule has 0 unspecified atom stereocenters. The first-order valence-electron chi connectivity index (χ1n) is 7.86. The van der Waals surface area contributed by atoms with Crippen molar-refractivity contribution in [3.63, 3.8) is 0 Å². The number of carbonyl (C=O) groups is 1. The fourth-order valence-corrected chi connectivity index (χ4v) is 3.56. The summed E-state index contributed by atoms with van der Waals surface area (Å²) in [6, 6.07) is 7.87. The Bertz CT molecular complexity index is 441. The first-order valence-corrected chi connectivity index (χ1v) is 7.86. The zero-order chi connectivity index (χ0) is 14.6. The third-order valence-corrected chi connectivity index (χ3v) is 4.46. The molecule has 0 aromatic heterocycles. The lowest BCUT2D eigenvalue weighted by Crippen LogP contribution is -2.28. The van der Waals surface area contributed by atoms with Crippen molar-refractivity contribution in [2.45, 2.75) is 52.9 Å². The summed E-state index contributed by atoms with van der Waals surface area (Å²) in [7, 11) is 0. The number of benzene rings is 1. The zero-order valence-electron chi connectivity index (χ0n) is 13.0. The van der Waals surface area contributed by atoms with Gasteiger partial charge >= 0.3 is 0 Å². The Balaban J connectivity index is 1.97. The Morgan fingerprint density at radius 3 is 2.30 bits per heavy atom. The quantitative estimate of drug-likeness (QED) is 0.746. The van der Waals surface area contributed by atoms with Crippen LogP contribution in [0.25, 0.3) is 0 Å². The van der Waals surface area contributed by atoms with E-state index in [-0.39, 0.29) is 5.78 Å². The number of hydrogen-bond acceptors (Lipinski definition) is 2. The third-order valence-electron chi connectivity index (χ3n) is 4.46. The van der Waals surface area contributed by atoms with Gasteiger partial charge in [0.15, 0.2) is 5.78 Å². The molecule has 0 heterocycles. The van der Waals surface area contributed by atoms with E-state index in [1.54, 1.807) is 6.92 Å². The van der Waals surface area contributed by atoms with Crippen LogP contribution in [0.15, 0.2) is 24.3 Å². The van der Waals surface area contributed by atoms with E-state index in [0.717, 1.165) is 23.7 Å². The van der Waals surface area contributed by atoms with Crippen molar-refractivity contribution in [1.82, 2.24) is 0 Å². The van der Waals surface area contributed by atoms with E-state index in [1.165, 1.54) is 32.1 Å². The van der Waals surface area contributed by atoms with Gasteiger partial charge in [-0.25, -0.2) is 0 Å². The summed E-state index contributed by atoms with van der Waals surface area (Å²) in [5.41, 5.74) is 2.39. The average Bonchev–Trinajstić information content (AvgIpc) is 2.85. The van der Waals surface area contributed by atoms with E-state index in [0.29, 0.717) is 5.41 Å². The second-order valence-electron chi connectivity index (χ2n) is 6.79. The number of nitrogens with one attached hydrogen (secondary N) is 1. The molecule has 0 bridgehead atoms. The molecule has 2 nitrogen and oxygen atoms in total. The molecule has 1 aromatic carbocycles. The molecule has 2 rings (SSSR count). The highest BCUT2D eigenvalue weighted by molar-refractivity contribution is 5.94. The predicted octanol–water partition coefficient (Wildman–Crippen LogP) is 4.91. The van der Waals surface area contributed by atoms with Crippen LogP contribution >= 0.6 is 0 Å². The maximum atomic E-state index is 11.3. The SMILES string of the molecule is CC(=O)c1ccc(NCC2(CC(C)C)CCCC2)cc1. The molecule has 1 aliphatic carbocycles. The molecule has 2 heteroatoms. The number of rotatable bonds is 6. The fourth-order valence-electron chi connectivity index (χ4n) is 3.56. The highest BCUT2D eigenvalue weighted by Gasteiger charge is 2.34. The summed E-state index contributed by atoms with van der Waals surface area (Å²) in [5, 5.41) is 3.59. The van der Waals surface area contributed by atoms with Crippen LogP contribution in [0.2, 0.25) is 0 Å². The van der Waals surface area contributed by atoms with Crippen molar-refractivity contribution >= 4 is 11.5 Å². The van der Waals surface area contributed by atoms with Gasteiger partial charge < -0.3 is 5.32 Å². The van der Waals surface area contributed by atoms with Crippen molar-refractivity contribution in [2.24, 2.45) is 11.3 Å². The zero-order valence-corrected chi connectivity index (χ0v) is 13.0. The Hall–Kier alpha value is -1.31. The van der Waals surface area contributed by atoms with Gasteiger partial charge in [0.2, 0.25) is 0 Å². The van der Waals surface area contributed by atoms with Crippen LogP contribution in [0, 0.1) is 11.3 Å². The maximum absolute atomic E-state index is 11.3. The largest absolute Gasteiger partial charge is 0.384 e. The van der Waals surface area contributed by atoms with Gasteiger partial charge in [0, 0.05) is 17.8 Å². The molecule has 0 saturated heterocycles. The number of hydrogen-bond donors (Lipinski definition) is 1. The second kappa shape index (κ2) is 6.43. The molecule has 0 atom stereocenters. The average molecular weight is 273 g/mol. The van der Waals surface area contributed by atoms with Gasteiger partial charge in [-0.05, 0) is 61.8 Å². The molecular weight excluding hydrogens is 246 g/mol. The normalized spacial score (nSPS) is 17.4. The van der Waals surface area contributed by atoms with Crippen LogP contribution in [0.1, 0.15) is 63.2 Å². The first-order chi connectivity index (χ1) is 9.51. The van der Waals surface area contributed by atoms with E-state index in [4.69, 9.17) is 0 Å². The summed E-state index contributed by atoms with van der Waals surface area (Å²) in [6.45, 7) is 7.31. The van der Waals surface area contributed by atoms with Crippen molar-refractivity contribution in [3.8, 4) is 0 Å². The minimum absolute atomic E-state index is 0.128. The Kier molecular flexibility index (Phi) is 4.85. The van der Waals surface area contributed by atoms with Gasteiger partial charge in [0.05, 0.1) is 0 Å². The highest BCUT2D eigenvalue weighted by Crippen LogP contribution is 2.43. The predicted molar refractivity (Wildman–Crippen MR) is 85.3 cm³/mol. The lowest BCUT2D eigenvalue weighted by atomic mass is 9.78. The molecule has 1 aliphatic rings. The van der Waals surface area contributed by atoms with Crippen LogP contribution in [0.3, 0.4) is 0 Å². The molecule has 110 valence electrons. The van der Waals surface area contributed by atoms with Crippen LogP contribution in [-0.2, 0) is 0 Å². The van der Waals surface area contributed by atoms with Crippen LogP contribution < -0.4 is 5.32 Å². The van der Waals surface area contributed by atoms with Crippen molar-refractivity contribution in [1.29, 1.82) is 0 Å². The summed E-state index contributed by atoms with van der Waals surface area (Å²) >= 11 is 0. The minimum Gasteiger partial charge on any atom is -0.384 e. The van der Waals surface area contributed by atoms with Crippen LogP contribution in [0.5, 0.6) is 0 Å². The number of carbonyl (C=O) groups excluding carboxylic acids is 1. The second-order valence-corrected chi connectivity index (χ2v) is 6.79. The van der Waals surface area contributed by atoms with Crippen molar-refractivity contribution in [2.75, 3.05) is 11.9 Å². The van der Waals surface area contributed by atoms with E-state index in [2.05, 4.69) is 19.2 Å². The molecule has 1 saturated carbocycles. The molecule has 0 aliphatic heterocycles. The number of anilines is 1. The molecule has 1 aromatic rings. The number of Topliss-reactive ketones (excluding diaryl/α,β-unsaturated/α-hetero) is 1. The summed E-state index contributed by atoms with van der Waals surface area (Å²) in [5.74, 6) is 0.888. The van der Waals surface area contributed by atoms with E-state index >= 15 is 0 Å². The molecule has 0 amide bonds. The van der Waals surface area contributed by atoms with Gasteiger partial charge in [-0.1, -0.05) is 26.7 Å². The van der Waals surface area contributed by atoms with Gasteiger partial charge in [-0.3, -0.25) is 4.79 Å². The molecule has 1 fully saturated rings. The van der Waals surface area contributed by atoms with Gasteiger partial charge in [0.25, 0.3) is 0 Å². The molecule has 0 spiro atoms. The minimum atomic E-state index is 0.128. The lowest BCUT2D eigenvalue weighted by molar-refractivity contribution is 0.101. The van der Waals surface area contributed by atoms with Crippen LogP contribution in [-0.4, -0.2) is 12.3 Å². The molecule has 1 N–H and O–H groups in total. The van der Waals surface area contributed by atoms with Crippen molar-refractivity contribution < 1.29 is 4.79 Å². The number of ketones is 1. The van der Waals surface area contributed by atoms with E-state index in [9.17, 15) is 4.79 Å². The summed E-state index contributed by atoms with van der Waals surface area (Å²) in [4.78, 5) is 11.3. The molecular formula is C18H27NO. The summed E-state index contributed by atoms with van der Waals surface area (Å²) in [6.07, 6.45) is 6.76. The van der Waals surface area contributed by atoms with Crippen molar-refractivity contribution in [3.05, 3.63) is 29.8 Å². The molecule has 20 heavy (non-hydrogen) atoms. The first kappa shape index (κ1) is 15.1. The lowest BCUT2D eigenvalue weighted by Gasteiger charge is -2.31. The van der Waals surface area contributed by atoms with Crippen LogP contribution in [0.4, 0.5) is 5.69 Å². The Morgan fingerprint density at radius 2 is 1.80 bits per heavy atom. The van der Waals surface area contributed by atoms with Gasteiger partial charge in [-0.15, -0.1) is 0 Å². The van der Waals surface area contributed by atoms with E-state index in [1.807, 2.05) is 24.3 Å². The van der Waals surface area contributed by atoms with E-state index < -0.39 is 0 Å². The standard InChI is InChI=1S/C18H27NO/c1-14(2)12-18(10-4-5-11-18)13-19-17-8-6-16(7-9-17)15(3)20/h6-9,14,19H,4-5,10-13H2,1-3H3. The smallest absolute Gasteiger partial charge is 0.159 e. The third kappa shape index (κ3) is 3.84. The highest BCUT2D eigenvalue weighted by atomic mass is 16.1. The van der Waals surface area contributed by atoms with Gasteiger partial charge in [-0.2, -0.15) is 0 Å². The monoisotopic (exact) mass is 273 g/mol. The Morgan fingerprint density at radius 1 is 1.20 bits per heavy atom. The van der Waals surface area contributed by atoms with Gasteiger partial charge in [0.1, 0.15) is 0 Å². The maximum Gasteiger partial charge on any atom is 0.159 e. The topological polar surface area (TPSA) is 29.1 Å². The Labute approximate surface area is 123 Å². The summed E-state index contributed by atoms with van der Waals surface area (Å²) < 4.78 is 0. The molecule has 0 radical (unpaired) electrons. The fraction of sp³-hybridized carbons (Fsp3) is 0.611.